The van der Waals surface area contributed by atoms with Crippen LogP contribution in [0.4, 0.5) is 10.5 Å². The molecule has 0 aliphatic rings. The van der Waals surface area contributed by atoms with Crippen molar-refractivity contribution in [2.24, 2.45) is 0 Å². The van der Waals surface area contributed by atoms with Crippen LogP contribution in [0.2, 0.25) is 10.2 Å². The second-order valence-corrected chi connectivity index (χ2v) is 9.41. The van der Waals surface area contributed by atoms with E-state index in [4.69, 9.17) is 23.2 Å². The fourth-order valence-corrected chi connectivity index (χ4v) is 4.39. The van der Waals surface area contributed by atoms with Gasteiger partial charge in [-0.1, -0.05) is 35.3 Å². The van der Waals surface area contributed by atoms with Gasteiger partial charge in [0.15, 0.2) is 0 Å². The number of hydrogen-bond donors (Lipinski definition) is 4. The molecule has 0 fully saturated rings. The van der Waals surface area contributed by atoms with Crippen molar-refractivity contribution in [1.82, 2.24) is 45.7 Å². The Bertz CT molecular complexity index is 1670. The van der Waals surface area contributed by atoms with E-state index < -0.39 is 12.1 Å². The normalized spacial score (nSPS) is 11.9. The number of methoxy groups -OCH3 is 1. The topological polar surface area (TPSA) is 168 Å². The summed E-state index contributed by atoms with van der Waals surface area (Å²) in [6, 6.07) is 13.3. The summed E-state index contributed by atoms with van der Waals surface area (Å²) in [6.45, 7) is 0. The number of nitrogens with one attached hydrogen (secondary N) is 4. The first-order chi connectivity index (χ1) is 19.9. The van der Waals surface area contributed by atoms with E-state index in [2.05, 4.69) is 51.1 Å². The van der Waals surface area contributed by atoms with Crippen molar-refractivity contribution >= 4 is 47.0 Å². The third kappa shape index (κ3) is 6.77. The van der Waals surface area contributed by atoms with E-state index >= 15 is 0 Å². The summed E-state index contributed by atoms with van der Waals surface area (Å²) in [5, 5.41) is 24.5. The SMILES string of the molecule is COC(=O)Nc1ccc(-c2nc(C(Cc3cc[nH]n3)NC(=O)/C=C/c3cc(Cl)ccc3-n3cnnn3)[nH]c2Cl)cc1. The van der Waals surface area contributed by atoms with Gasteiger partial charge in [0.1, 0.15) is 23.0 Å². The minimum atomic E-state index is -0.597. The number of halogens is 2. The standard InChI is InChI=1S/C26H22Cl2N10O3/c1-41-26(40)31-18-6-2-15(3-7-18)23-24(28)34-25(33-23)20(13-19-10-11-29-35-19)32-22(39)9-4-16-12-17(27)5-8-21(16)38-14-30-36-37-38/h2-12,14,20H,13H2,1H3,(H,29,35)(H,31,40)(H,32,39)(H,33,34)/b9-4+. The lowest BCUT2D eigenvalue weighted by Crippen LogP contribution is -2.29. The largest absolute Gasteiger partial charge is 0.453 e. The molecule has 4 N–H and O–H groups in total. The lowest BCUT2D eigenvalue weighted by molar-refractivity contribution is -0.117. The zero-order chi connectivity index (χ0) is 28.8. The molecule has 208 valence electrons. The molecule has 0 aliphatic heterocycles. The monoisotopic (exact) mass is 592 g/mol. The van der Waals surface area contributed by atoms with Crippen LogP contribution in [-0.2, 0) is 16.0 Å². The number of hydrogen-bond acceptors (Lipinski definition) is 8. The minimum Gasteiger partial charge on any atom is -0.453 e. The Morgan fingerprint density at radius 2 is 1.98 bits per heavy atom. The highest BCUT2D eigenvalue weighted by Gasteiger charge is 2.22. The van der Waals surface area contributed by atoms with E-state index in [1.54, 1.807) is 60.8 Å². The van der Waals surface area contributed by atoms with E-state index in [1.165, 1.54) is 24.2 Å². The van der Waals surface area contributed by atoms with Gasteiger partial charge in [0.2, 0.25) is 5.91 Å². The first kappa shape index (κ1) is 27.6. The Kier molecular flexibility index (Phi) is 8.36. The molecule has 2 aromatic carbocycles. The smallest absolute Gasteiger partial charge is 0.411 e. The molecule has 0 saturated carbocycles. The van der Waals surface area contributed by atoms with Crippen molar-refractivity contribution in [3.63, 3.8) is 0 Å². The minimum absolute atomic E-state index is 0.288. The van der Waals surface area contributed by atoms with Gasteiger partial charge in [0.05, 0.1) is 24.5 Å². The molecule has 5 aromatic rings. The first-order valence-corrected chi connectivity index (χ1v) is 12.9. The second-order valence-electron chi connectivity index (χ2n) is 8.60. The number of aromatic amines is 2. The van der Waals surface area contributed by atoms with Gasteiger partial charge in [-0.25, -0.2) is 9.78 Å². The number of benzene rings is 2. The summed E-state index contributed by atoms with van der Waals surface area (Å²) >= 11 is 12.7. The molecule has 3 heterocycles. The number of aromatic nitrogens is 8. The average molecular weight is 593 g/mol. The van der Waals surface area contributed by atoms with Crippen molar-refractivity contribution in [2.75, 3.05) is 12.4 Å². The number of carbonyl (C=O) groups excluding carboxylic acids is 2. The van der Waals surface area contributed by atoms with Crippen LogP contribution in [0, 0.1) is 0 Å². The molecule has 3 aromatic heterocycles. The summed E-state index contributed by atoms with van der Waals surface area (Å²) in [4.78, 5) is 32.3. The highest BCUT2D eigenvalue weighted by Crippen LogP contribution is 2.29. The Morgan fingerprint density at radius 3 is 2.68 bits per heavy atom. The maximum Gasteiger partial charge on any atom is 0.411 e. The van der Waals surface area contributed by atoms with Gasteiger partial charge >= 0.3 is 6.09 Å². The number of anilines is 1. The molecule has 0 aliphatic carbocycles. The van der Waals surface area contributed by atoms with Crippen molar-refractivity contribution in [3.05, 3.63) is 94.4 Å². The third-order valence-corrected chi connectivity index (χ3v) is 6.39. The highest BCUT2D eigenvalue weighted by molar-refractivity contribution is 6.32. The number of carbonyl (C=O) groups is 2. The van der Waals surface area contributed by atoms with Gasteiger partial charge in [-0.3, -0.25) is 15.2 Å². The molecule has 2 amide bonds. The van der Waals surface area contributed by atoms with Crippen LogP contribution >= 0.6 is 23.2 Å². The van der Waals surface area contributed by atoms with Crippen LogP contribution in [0.1, 0.15) is 23.1 Å². The maximum absolute atomic E-state index is 13.1. The predicted molar refractivity (Wildman–Crippen MR) is 151 cm³/mol. The Balaban J connectivity index is 1.38. The molecular weight excluding hydrogens is 571 g/mol. The summed E-state index contributed by atoms with van der Waals surface area (Å²) in [6.07, 6.45) is 5.90. The molecule has 0 saturated heterocycles. The molecule has 41 heavy (non-hydrogen) atoms. The van der Waals surface area contributed by atoms with Gasteiger partial charge < -0.3 is 15.0 Å². The first-order valence-electron chi connectivity index (χ1n) is 12.1. The van der Waals surface area contributed by atoms with Gasteiger partial charge in [-0.05, 0) is 52.9 Å². The van der Waals surface area contributed by atoms with E-state index in [0.29, 0.717) is 51.2 Å². The maximum atomic E-state index is 13.1. The van der Waals surface area contributed by atoms with Gasteiger partial charge in [-0.15, -0.1) is 5.10 Å². The quantitative estimate of drug-likeness (QED) is 0.183. The zero-order valence-corrected chi connectivity index (χ0v) is 22.9. The molecule has 0 spiro atoms. The molecule has 15 heteroatoms. The number of tetrazole rings is 1. The van der Waals surface area contributed by atoms with E-state index in [9.17, 15) is 9.59 Å². The number of imidazole rings is 1. The molecular formula is C26H22Cl2N10O3. The van der Waals surface area contributed by atoms with E-state index in [-0.39, 0.29) is 11.1 Å². The molecule has 1 atom stereocenters. The fraction of sp³-hybridized carbons (Fsp3) is 0.115. The van der Waals surface area contributed by atoms with Gasteiger partial charge in [-0.2, -0.15) is 9.78 Å². The van der Waals surface area contributed by atoms with Crippen LogP contribution in [0.5, 0.6) is 0 Å². The van der Waals surface area contributed by atoms with E-state index in [1.807, 2.05) is 0 Å². The van der Waals surface area contributed by atoms with E-state index in [0.717, 1.165) is 0 Å². The summed E-state index contributed by atoms with van der Waals surface area (Å²) in [7, 11) is 1.29. The Hall–Kier alpha value is -5.01. The van der Waals surface area contributed by atoms with Crippen LogP contribution < -0.4 is 10.6 Å². The number of rotatable bonds is 9. The van der Waals surface area contributed by atoms with Crippen LogP contribution in [0.3, 0.4) is 0 Å². The van der Waals surface area contributed by atoms with Crippen molar-refractivity contribution < 1.29 is 14.3 Å². The lowest BCUT2D eigenvalue weighted by atomic mass is 10.1. The Morgan fingerprint density at radius 1 is 1.15 bits per heavy atom. The predicted octanol–water partition coefficient (Wildman–Crippen LogP) is 4.37. The van der Waals surface area contributed by atoms with Crippen LogP contribution in [0.15, 0.2) is 67.1 Å². The second kappa shape index (κ2) is 12.4. The average Bonchev–Trinajstić information content (AvgIpc) is 3.75. The van der Waals surface area contributed by atoms with Crippen molar-refractivity contribution in [3.8, 4) is 16.9 Å². The summed E-state index contributed by atoms with van der Waals surface area (Å²) < 4.78 is 6.08. The summed E-state index contributed by atoms with van der Waals surface area (Å²) in [5.74, 6) is 0.0455. The number of H-pyrrole nitrogens is 2. The van der Waals surface area contributed by atoms with Crippen LogP contribution in [-0.4, -0.2) is 59.5 Å². The lowest BCUT2D eigenvalue weighted by Gasteiger charge is -2.14. The fourth-order valence-electron chi connectivity index (χ4n) is 3.96. The van der Waals surface area contributed by atoms with Gasteiger partial charge in [0.25, 0.3) is 0 Å². The Labute approximate surface area is 242 Å². The number of nitrogens with zero attached hydrogens (tertiary/aromatic N) is 6. The zero-order valence-electron chi connectivity index (χ0n) is 21.4. The highest BCUT2D eigenvalue weighted by atomic mass is 35.5. The third-order valence-electron chi connectivity index (χ3n) is 5.89. The number of amides is 2. The van der Waals surface area contributed by atoms with Crippen LogP contribution in [0.25, 0.3) is 23.0 Å². The molecule has 13 nitrogen and oxygen atoms in total. The molecule has 1 unspecified atom stereocenters. The molecule has 0 bridgehead atoms. The molecule has 5 rings (SSSR count). The summed E-state index contributed by atoms with van der Waals surface area (Å²) in [5.41, 5.74) is 3.72. The van der Waals surface area contributed by atoms with Gasteiger partial charge in [0, 0.05) is 40.5 Å². The number of ether oxygens (including phenoxy) is 1. The van der Waals surface area contributed by atoms with Crippen molar-refractivity contribution in [1.29, 1.82) is 0 Å². The molecule has 0 radical (unpaired) electrons. The van der Waals surface area contributed by atoms with Crippen molar-refractivity contribution in [2.45, 2.75) is 12.5 Å².